The molecule has 1 N–H and O–H groups in total. The smallest absolute Gasteiger partial charge is 0.123 e. The van der Waals surface area contributed by atoms with Gasteiger partial charge < -0.3 is 5.32 Å². The standard InChI is InChI=1S/C25H27F2N3/c1-18(20-8-10-28-11-9-20)29-12-13-30-17-21-4-7-24(27)15-22(21)16-25(30)14-19-2-5-23(26)6-3-19/h2-11,15,18,25,29H,12-14,16-17H2,1H3. The summed E-state index contributed by atoms with van der Waals surface area (Å²) in [6.07, 6.45) is 5.24. The average molecular weight is 408 g/mol. The zero-order valence-electron chi connectivity index (χ0n) is 17.2. The first kappa shape index (κ1) is 20.6. The maximum Gasteiger partial charge on any atom is 0.123 e. The Balaban J connectivity index is 1.44. The highest BCUT2D eigenvalue weighted by Crippen LogP contribution is 2.26. The van der Waals surface area contributed by atoms with Crippen molar-refractivity contribution in [2.24, 2.45) is 0 Å². The Morgan fingerprint density at radius 2 is 1.73 bits per heavy atom. The monoisotopic (exact) mass is 407 g/mol. The van der Waals surface area contributed by atoms with Crippen LogP contribution in [0.4, 0.5) is 8.78 Å². The third-order valence-electron chi connectivity index (χ3n) is 5.95. The first-order valence-electron chi connectivity index (χ1n) is 10.5. The van der Waals surface area contributed by atoms with Crippen LogP contribution in [-0.2, 0) is 19.4 Å². The second kappa shape index (κ2) is 9.45. The van der Waals surface area contributed by atoms with Gasteiger partial charge >= 0.3 is 0 Å². The van der Waals surface area contributed by atoms with Gasteiger partial charge in [0.2, 0.25) is 0 Å². The van der Waals surface area contributed by atoms with Gasteiger partial charge in [-0.1, -0.05) is 18.2 Å². The fraction of sp³-hybridized carbons (Fsp3) is 0.320. The van der Waals surface area contributed by atoms with Gasteiger partial charge in [0.25, 0.3) is 0 Å². The summed E-state index contributed by atoms with van der Waals surface area (Å²) in [6.45, 7) is 4.68. The van der Waals surface area contributed by atoms with Crippen LogP contribution in [0.25, 0.3) is 0 Å². The van der Waals surface area contributed by atoms with E-state index in [2.05, 4.69) is 22.1 Å². The fourth-order valence-corrected chi connectivity index (χ4v) is 4.22. The molecular weight excluding hydrogens is 380 g/mol. The first-order valence-corrected chi connectivity index (χ1v) is 10.5. The van der Waals surface area contributed by atoms with Crippen LogP contribution < -0.4 is 5.32 Å². The molecule has 0 spiro atoms. The summed E-state index contributed by atoms with van der Waals surface area (Å²) in [7, 11) is 0. The van der Waals surface area contributed by atoms with Crippen LogP contribution in [0.1, 0.15) is 35.2 Å². The lowest BCUT2D eigenvalue weighted by Gasteiger charge is -2.37. The molecule has 5 heteroatoms. The lowest BCUT2D eigenvalue weighted by molar-refractivity contribution is 0.169. The molecule has 1 aliphatic heterocycles. The summed E-state index contributed by atoms with van der Waals surface area (Å²) < 4.78 is 27.1. The van der Waals surface area contributed by atoms with E-state index in [0.717, 1.165) is 43.6 Å². The van der Waals surface area contributed by atoms with E-state index in [1.165, 1.54) is 23.3 Å². The average Bonchev–Trinajstić information content (AvgIpc) is 2.76. The molecule has 2 atom stereocenters. The maximum absolute atomic E-state index is 13.8. The summed E-state index contributed by atoms with van der Waals surface area (Å²) in [5.41, 5.74) is 4.59. The van der Waals surface area contributed by atoms with Gasteiger partial charge in [0.05, 0.1) is 0 Å². The summed E-state index contributed by atoms with van der Waals surface area (Å²) in [5, 5.41) is 3.59. The predicted molar refractivity (Wildman–Crippen MR) is 115 cm³/mol. The van der Waals surface area contributed by atoms with Crippen molar-refractivity contribution >= 4 is 0 Å². The summed E-state index contributed by atoms with van der Waals surface area (Å²) >= 11 is 0. The van der Waals surface area contributed by atoms with E-state index in [-0.39, 0.29) is 23.7 Å². The second-order valence-electron chi connectivity index (χ2n) is 8.03. The molecule has 1 aliphatic rings. The minimum absolute atomic E-state index is 0.185. The number of benzene rings is 2. The van der Waals surface area contributed by atoms with Crippen molar-refractivity contribution in [3.8, 4) is 0 Å². The van der Waals surface area contributed by atoms with E-state index in [1.807, 2.05) is 42.7 Å². The second-order valence-corrected chi connectivity index (χ2v) is 8.03. The van der Waals surface area contributed by atoms with Crippen molar-refractivity contribution in [2.45, 2.75) is 38.4 Å². The van der Waals surface area contributed by atoms with E-state index in [1.54, 1.807) is 12.1 Å². The van der Waals surface area contributed by atoms with Gasteiger partial charge in [0.15, 0.2) is 0 Å². The molecule has 30 heavy (non-hydrogen) atoms. The molecule has 2 aromatic carbocycles. The van der Waals surface area contributed by atoms with Gasteiger partial charge in [-0.3, -0.25) is 9.88 Å². The van der Waals surface area contributed by atoms with Gasteiger partial charge in [-0.25, -0.2) is 8.78 Å². The summed E-state index contributed by atoms with van der Waals surface area (Å²) in [5.74, 6) is -0.406. The van der Waals surface area contributed by atoms with Gasteiger partial charge in [-0.05, 0) is 78.4 Å². The minimum atomic E-state index is -0.221. The molecule has 0 saturated carbocycles. The van der Waals surface area contributed by atoms with Crippen LogP contribution >= 0.6 is 0 Å². The number of hydrogen-bond donors (Lipinski definition) is 1. The van der Waals surface area contributed by atoms with Gasteiger partial charge in [-0.15, -0.1) is 0 Å². The van der Waals surface area contributed by atoms with E-state index in [0.29, 0.717) is 0 Å². The van der Waals surface area contributed by atoms with Crippen molar-refractivity contribution in [1.29, 1.82) is 0 Å². The Hall–Kier alpha value is -2.63. The quantitative estimate of drug-likeness (QED) is 0.616. The largest absolute Gasteiger partial charge is 0.309 e. The van der Waals surface area contributed by atoms with Crippen molar-refractivity contribution in [2.75, 3.05) is 13.1 Å². The third kappa shape index (κ3) is 5.10. The normalized spacial score (nSPS) is 17.5. The highest BCUT2D eigenvalue weighted by Gasteiger charge is 2.26. The van der Waals surface area contributed by atoms with Crippen molar-refractivity contribution in [1.82, 2.24) is 15.2 Å². The SMILES string of the molecule is CC(NCCN1Cc2ccc(F)cc2CC1Cc1ccc(F)cc1)c1ccncc1. The third-order valence-corrected chi connectivity index (χ3v) is 5.95. The first-order chi connectivity index (χ1) is 14.6. The molecule has 4 rings (SSSR count). The number of rotatable bonds is 7. The lowest BCUT2D eigenvalue weighted by atomic mass is 9.90. The van der Waals surface area contributed by atoms with Crippen LogP contribution in [0.2, 0.25) is 0 Å². The number of halogens is 2. The molecule has 0 radical (unpaired) electrons. The van der Waals surface area contributed by atoms with Crippen molar-refractivity contribution < 1.29 is 8.78 Å². The molecule has 0 aliphatic carbocycles. The topological polar surface area (TPSA) is 28.2 Å². The Morgan fingerprint density at radius 1 is 1.00 bits per heavy atom. The number of pyridine rings is 1. The van der Waals surface area contributed by atoms with E-state index >= 15 is 0 Å². The molecule has 3 nitrogen and oxygen atoms in total. The fourth-order valence-electron chi connectivity index (χ4n) is 4.22. The molecular formula is C25H27F2N3. The van der Waals surface area contributed by atoms with Gasteiger partial charge in [0, 0.05) is 44.1 Å². The number of nitrogens with zero attached hydrogens (tertiary/aromatic N) is 2. The lowest BCUT2D eigenvalue weighted by Crippen LogP contribution is -2.45. The van der Waals surface area contributed by atoms with Crippen molar-refractivity contribution in [3.63, 3.8) is 0 Å². The number of aromatic nitrogens is 1. The molecule has 0 amide bonds. The molecule has 1 aromatic heterocycles. The molecule has 0 fully saturated rings. The van der Waals surface area contributed by atoms with Gasteiger partial charge in [-0.2, -0.15) is 0 Å². The molecule has 2 heterocycles. The van der Waals surface area contributed by atoms with Gasteiger partial charge in [0.1, 0.15) is 11.6 Å². The molecule has 0 saturated heterocycles. The van der Waals surface area contributed by atoms with Crippen LogP contribution in [0.5, 0.6) is 0 Å². The highest BCUT2D eigenvalue weighted by atomic mass is 19.1. The van der Waals surface area contributed by atoms with Crippen LogP contribution in [-0.4, -0.2) is 29.0 Å². The predicted octanol–water partition coefficient (Wildman–Crippen LogP) is 4.68. The zero-order chi connectivity index (χ0) is 20.9. The molecule has 0 bridgehead atoms. The minimum Gasteiger partial charge on any atom is -0.309 e. The Kier molecular flexibility index (Phi) is 6.50. The number of nitrogens with one attached hydrogen (secondary N) is 1. The Morgan fingerprint density at radius 3 is 2.50 bits per heavy atom. The van der Waals surface area contributed by atoms with Crippen LogP contribution in [0.15, 0.2) is 67.0 Å². The number of fused-ring (bicyclic) bond motifs is 1. The maximum atomic E-state index is 13.8. The summed E-state index contributed by atoms with van der Waals surface area (Å²) in [6, 6.07) is 16.4. The van der Waals surface area contributed by atoms with Crippen LogP contribution in [0, 0.1) is 11.6 Å². The zero-order valence-corrected chi connectivity index (χ0v) is 17.2. The van der Waals surface area contributed by atoms with Crippen LogP contribution in [0.3, 0.4) is 0 Å². The molecule has 2 unspecified atom stereocenters. The van der Waals surface area contributed by atoms with Crippen molar-refractivity contribution in [3.05, 3.63) is 101 Å². The molecule has 156 valence electrons. The number of hydrogen-bond acceptors (Lipinski definition) is 3. The Bertz CT molecular complexity index is 960. The highest BCUT2D eigenvalue weighted by molar-refractivity contribution is 5.32. The summed E-state index contributed by atoms with van der Waals surface area (Å²) in [4.78, 5) is 6.53. The molecule has 3 aromatic rings. The Labute approximate surface area is 176 Å². The van der Waals surface area contributed by atoms with E-state index in [9.17, 15) is 8.78 Å². The van der Waals surface area contributed by atoms with E-state index < -0.39 is 0 Å². The van der Waals surface area contributed by atoms with E-state index in [4.69, 9.17) is 0 Å².